The van der Waals surface area contributed by atoms with Crippen LogP contribution in [-0.4, -0.2) is 24.1 Å². The molecule has 4 heteroatoms. The second-order valence-electron chi connectivity index (χ2n) is 5.95. The highest BCUT2D eigenvalue weighted by atomic mass is 16.5. The van der Waals surface area contributed by atoms with Gasteiger partial charge in [0.2, 0.25) is 0 Å². The molecule has 1 atom stereocenters. The fourth-order valence-electron chi connectivity index (χ4n) is 3.01. The van der Waals surface area contributed by atoms with Gasteiger partial charge in [0.05, 0.1) is 18.4 Å². The lowest BCUT2D eigenvalue weighted by atomic mass is 9.93. The molecule has 0 amide bonds. The van der Waals surface area contributed by atoms with Crippen LogP contribution in [-0.2, 0) is 11.3 Å². The summed E-state index contributed by atoms with van der Waals surface area (Å²) in [7, 11) is 1.38. The van der Waals surface area contributed by atoms with Crippen molar-refractivity contribution < 1.29 is 9.53 Å². The highest BCUT2D eigenvalue weighted by Gasteiger charge is 2.18. The average Bonchev–Trinajstić information content (AvgIpc) is 2.81. The van der Waals surface area contributed by atoms with Crippen LogP contribution in [0.2, 0.25) is 0 Å². The van der Waals surface area contributed by atoms with Gasteiger partial charge in [-0.25, -0.2) is 4.79 Å². The highest BCUT2D eigenvalue weighted by molar-refractivity contribution is 5.88. The highest BCUT2D eigenvalue weighted by Crippen LogP contribution is 2.25. The Balaban J connectivity index is 1.82. The van der Waals surface area contributed by atoms with E-state index < -0.39 is 0 Å². The van der Waals surface area contributed by atoms with Gasteiger partial charge in [-0.3, -0.25) is 4.98 Å². The van der Waals surface area contributed by atoms with Crippen LogP contribution in [0.1, 0.15) is 61.5 Å². The number of pyridine rings is 1. The van der Waals surface area contributed by atoms with Crippen LogP contribution in [0, 0.1) is 5.92 Å². The number of ether oxygens (including phenoxy) is 1. The standard InChI is InChI=1S/C17H26N2O2/c1-13(14-7-5-3-4-6-8-14)18-12-16-10-9-15(11-19-16)17(20)21-2/h9-11,13-14,18H,3-8,12H2,1-2H3/t13-/m1/s1. The molecular weight excluding hydrogens is 264 g/mol. The van der Waals surface area contributed by atoms with Gasteiger partial charge in [-0.2, -0.15) is 0 Å². The SMILES string of the molecule is COC(=O)c1ccc(CN[C@H](C)C2CCCCCC2)nc1. The molecular formula is C17H26N2O2. The largest absolute Gasteiger partial charge is 0.465 e. The van der Waals surface area contributed by atoms with Crippen LogP contribution >= 0.6 is 0 Å². The van der Waals surface area contributed by atoms with Crippen LogP contribution in [0.3, 0.4) is 0 Å². The number of nitrogens with zero attached hydrogens (tertiary/aromatic N) is 1. The van der Waals surface area contributed by atoms with Gasteiger partial charge in [-0.15, -0.1) is 0 Å². The number of rotatable bonds is 5. The minimum Gasteiger partial charge on any atom is -0.465 e. The zero-order valence-corrected chi connectivity index (χ0v) is 13.1. The van der Waals surface area contributed by atoms with Crippen molar-refractivity contribution >= 4 is 5.97 Å². The molecule has 0 bridgehead atoms. The molecule has 116 valence electrons. The number of nitrogens with one attached hydrogen (secondary N) is 1. The van der Waals surface area contributed by atoms with Gasteiger partial charge in [0.25, 0.3) is 0 Å². The van der Waals surface area contributed by atoms with Crippen molar-refractivity contribution in [3.05, 3.63) is 29.6 Å². The van der Waals surface area contributed by atoms with E-state index in [0.717, 1.165) is 18.2 Å². The minimum atomic E-state index is -0.339. The molecule has 1 aliphatic rings. The van der Waals surface area contributed by atoms with E-state index in [1.54, 1.807) is 12.3 Å². The lowest BCUT2D eigenvalue weighted by Gasteiger charge is -2.23. The van der Waals surface area contributed by atoms with Gasteiger partial charge in [-0.05, 0) is 37.8 Å². The summed E-state index contributed by atoms with van der Waals surface area (Å²) in [4.78, 5) is 15.7. The molecule has 21 heavy (non-hydrogen) atoms. The van der Waals surface area contributed by atoms with Crippen molar-refractivity contribution in [3.63, 3.8) is 0 Å². The summed E-state index contributed by atoms with van der Waals surface area (Å²) in [6.07, 6.45) is 9.76. The summed E-state index contributed by atoms with van der Waals surface area (Å²) in [5.41, 5.74) is 1.46. The fraction of sp³-hybridized carbons (Fsp3) is 0.647. The normalized spacial score (nSPS) is 18.0. The third-order valence-corrected chi connectivity index (χ3v) is 4.46. The van der Waals surface area contributed by atoms with Crippen molar-refractivity contribution in [3.8, 4) is 0 Å². The number of hydrogen-bond acceptors (Lipinski definition) is 4. The zero-order valence-electron chi connectivity index (χ0n) is 13.1. The van der Waals surface area contributed by atoms with E-state index in [4.69, 9.17) is 0 Å². The molecule has 1 N–H and O–H groups in total. The van der Waals surface area contributed by atoms with E-state index in [1.165, 1.54) is 45.6 Å². The Bertz CT molecular complexity index is 437. The molecule has 1 aromatic heterocycles. The van der Waals surface area contributed by atoms with Gasteiger partial charge in [-0.1, -0.05) is 25.7 Å². The number of methoxy groups -OCH3 is 1. The number of aromatic nitrogens is 1. The monoisotopic (exact) mass is 290 g/mol. The molecule has 1 aliphatic carbocycles. The molecule has 0 radical (unpaired) electrons. The van der Waals surface area contributed by atoms with Crippen molar-refractivity contribution in [2.24, 2.45) is 5.92 Å². The molecule has 1 fully saturated rings. The maximum atomic E-state index is 11.4. The van der Waals surface area contributed by atoms with E-state index >= 15 is 0 Å². The molecule has 1 heterocycles. The topological polar surface area (TPSA) is 51.2 Å². The summed E-state index contributed by atoms with van der Waals surface area (Å²) < 4.78 is 4.67. The Morgan fingerprint density at radius 2 is 2.05 bits per heavy atom. The van der Waals surface area contributed by atoms with Gasteiger partial charge >= 0.3 is 5.97 Å². The predicted molar refractivity (Wildman–Crippen MR) is 83.1 cm³/mol. The molecule has 0 aliphatic heterocycles. The predicted octanol–water partition coefficient (Wildman–Crippen LogP) is 3.32. The first-order chi connectivity index (χ1) is 10.2. The Morgan fingerprint density at radius 1 is 1.33 bits per heavy atom. The molecule has 0 unspecified atom stereocenters. The zero-order chi connectivity index (χ0) is 15.1. The smallest absolute Gasteiger partial charge is 0.339 e. The first kappa shape index (κ1) is 16.0. The summed E-state index contributed by atoms with van der Waals surface area (Å²) in [6, 6.07) is 4.18. The van der Waals surface area contributed by atoms with E-state index in [9.17, 15) is 4.79 Å². The van der Waals surface area contributed by atoms with Crippen LogP contribution in [0.25, 0.3) is 0 Å². The Kier molecular flexibility index (Phi) is 6.18. The molecule has 1 saturated carbocycles. The average molecular weight is 290 g/mol. The van der Waals surface area contributed by atoms with Gasteiger partial charge in [0.1, 0.15) is 0 Å². The molecule has 1 aromatic rings. The van der Waals surface area contributed by atoms with E-state index in [2.05, 4.69) is 22.0 Å². The van der Waals surface area contributed by atoms with Crippen LogP contribution in [0.4, 0.5) is 0 Å². The lowest BCUT2D eigenvalue weighted by Crippen LogP contribution is -2.33. The van der Waals surface area contributed by atoms with E-state index in [1.807, 2.05) is 6.07 Å². The molecule has 2 rings (SSSR count). The maximum absolute atomic E-state index is 11.4. The summed E-state index contributed by atoms with van der Waals surface area (Å²) in [5.74, 6) is 0.440. The quantitative estimate of drug-likeness (QED) is 0.667. The Labute approximate surface area is 127 Å². The van der Waals surface area contributed by atoms with Crippen molar-refractivity contribution in [1.82, 2.24) is 10.3 Å². The third-order valence-electron chi connectivity index (χ3n) is 4.46. The third kappa shape index (κ3) is 4.81. The molecule has 0 spiro atoms. The summed E-state index contributed by atoms with van der Waals surface area (Å²) in [6.45, 7) is 3.03. The van der Waals surface area contributed by atoms with E-state index in [0.29, 0.717) is 11.6 Å². The van der Waals surface area contributed by atoms with Crippen molar-refractivity contribution in [2.45, 2.75) is 58.0 Å². The van der Waals surface area contributed by atoms with Crippen LogP contribution in [0.5, 0.6) is 0 Å². The first-order valence-electron chi connectivity index (χ1n) is 7.97. The van der Waals surface area contributed by atoms with Gasteiger partial charge < -0.3 is 10.1 Å². The maximum Gasteiger partial charge on any atom is 0.339 e. The van der Waals surface area contributed by atoms with Crippen molar-refractivity contribution in [1.29, 1.82) is 0 Å². The second-order valence-corrected chi connectivity index (χ2v) is 5.95. The Morgan fingerprint density at radius 3 is 2.62 bits per heavy atom. The second kappa shape index (κ2) is 8.13. The van der Waals surface area contributed by atoms with Crippen LogP contribution < -0.4 is 5.32 Å². The first-order valence-corrected chi connectivity index (χ1v) is 7.97. The van der Waals surface area contributed by atoms with Gasteiger partial charge in [0, 0.05) is 18.8 Å². The van der Waals surface area contributed by atoms with Gasteiger partial charge in [0.15, 0.2) is 0 Å². The summed E-state index contributed by atoms with van der Waals surface area (Å²) in [5, 5.41) is 3.58. The number of hydrogen-bond donors (Lipinski definition) is 1. The lowest BCUT2D eigenvalue weighted by molar-refractivity contribution is 0.0600. The molecule has 0 saturated heterocycles. The number of carbonyl (C=O) groups is 1. The Hall–Kier alpha value is -1.42. The summed E-state index contributed by atoms with van der Waals surface area (Å²) >= 11 is 0. The minimum absolute atomic E-state index is 0.339. The number of esters is 1. The van der Waals surface area contributed by atoms with Crippen molar-refractivity contribution in [2.75, 3.05) is 7.11 Å². The molecule has 0 aromatic carbocycles. The van der Waals surface area contributed by atoms with E-state index in [-0.39, 0.29) is 5.97 Å². The number of carbonyl (C=O) groups excluding carboxylic acids is 1. The molecule has 4 nitrogen and oxygen atoms in total. The fourth-order valence-corrected chi connectivity index (χ4v) is 3.01. The van der Waals surface area contributed by atoms with Crippen LogP contribution in [0.15, 0.2) is 18.3 Å².